The van der Waals surface area contributed by atoms with Gasteiger partial charge in [-0.15, -0.1) is 5.10 Å². The van der Waals surface area contributed by atoms with Crippen LogP contribution in [0, 0.1) is 10.1 Å². The van der Waals surface area contributed by atoms with Crippen molar-refractivity contribution in [3.8, 4) is 22.9 Å². The number of ether oxygens (including phenoxy) is 3. The van der Waals surface area contributed by atoms with Crippen LogP contribution in [0.1, 0.15) is 16.8 Å². The van der Waals surface area contributed by atoms with Gasteiger partial charge in [0.2, 0.25) is 10.0 Å². The zero-order valence-corrected chi connectivity index (χ0v) is 22.0. The number of non-ortho nitro benzene ring substituents is 1. The summed E-state index contributed by atoms with van der Waals surface area (Å²) in [5, 5.41) is 18.9. The van der Waals surface area contributed by atoms with E-state index >= 15 is 0 Å². The van der Waals surface area contributed by atoms with E-state index in [9.17, 15) is 18.5 Å². The van der Waals surface area contributed by atoms with Crippen LogP contribution in [0.25, 0.3) is 5.69 Å². The molecule has 2 heterocycles. The molecule has 0 saturated carbocycles. The molecule has 0 fully saturated rings. The normalized spacial score (nSPS) is 13.5. The SMILES string of the molecule is COc1cc2c(cc1OC)CN(S(=O)(=O)c1ccc(-n3cc(COc4ccc([N+](=O)[O-])cc4)nn3)cc1)CC2. The molecule has 0 bridgehead atoms. The van der Waals surface area contributed by atoms with Gasteiger partial charge >= 0.3 is 0 Å². The topological polar surface area (TPSA) is 139 Å². The average molecular weight is 552 g/mol. The van der Waals surface area contributed by atoms with Crippen molar-refractivity contribution >= 4 is 15.7 Å². The molecule has 0 atom stereocenters. The number of nitro benzene ring substituents is 1. The summed E-state index contributed by atoms with van der Waals surface area (Å²) in [6.07, 6.45) is 2.23. The van der Waals surface area contributed by atoms with Crippen LogP contribution < -0.4 is 14.2 Å². The summed E-state index contributed by atoms with van der Waals surface area (Å²) < 4.78 is 46.1. The van der Waals surface area contributed by atoms with Crippen LogP contribution in [0.3, 0.4) is 0 Å². The molecule has 0 spiro atoms. The predicted octanol–water partition coefficient (Wildman–Crippen LogP) is 3.52. The molecule has 1 aliphatic heterocycles. The van der Waals surface area contributed by atoms with Crippen LogP contribution >= 0.6 is 0 Å². The molecule has 5 rings (SSSR count). The third kappa shape index (κ3) is 5.40. The smallest absolute Gasteiger partial charge is 0.269 e. The summed E-state index contributed by atoms with van der Waals surface area (Å²) in [4.78, 5) is 10.5. The first-order valence-electron chi connectivity index (χ1n) is 11.9. The maximum absolute atomic E-state index is 13.4. The zero-order valence-electron chi connectivity index (χ0n) is 21.2. The molecule has 39 heavy (non-hydrogen) atoms. The van der Waals surface area contributed by atoms with E-state index < -0.39 is 14.9 Å². The molecule has 0 amide bonds. The Morgan fingerprint density at radius 3 is 2.28 bits per heavy atom. The van der Waals surface area contributed by atoms with Crippen molar-refractivity contribution in [2.75, 3.05) is 20.8 Å². The van der Waals surface area contributed by atoms with Gasteiger partial charge in [-0.2, -0.15) is 4.31 Å². The number of benzene rings is 3. The average Bonchev–Trinajstić information content (AvgIpc) is 3.44. The summed E-state index contributed by atoms with van der Waals surface area (Å²) >= 11 is 0. The van der Waals surface area contributed by atoms with Crippen molar-refractivity contribution in [3.63, 3.8) is 0 Å². The van der Waals surface area contributed by atoms with Gasteiger partial charge in [-0.25, -0.2) is 13.1 Å². The molecule has 3 aromatic carbocycles. The molecule has 0 radical (unpaired) electrons. The number of hydrogen-bond donors (Lipinski definition) is 0. The van der Waals surface area contributed by atoms with Crippen LogP contribution in [-0.4, -0.2) is 53.4 Å². The number of rotatable bonds is 9. The molecule has 1 aliphatic rings. The molecule has 0 unspecified atom stereocenters. The highest BCUT2D eigenvalue weighted by atomic mass is 32.2. The lowest BCUT2D eigenvalue weighted by molar-refractivity contribution is -0.384. The fourth-order valence-electron chi connectivity index (χ4n) is 4.29. The number of aromatic nitrogens is 3. The quantitative estimate of drug-likeness (QED) is 0.226. The summed E-state index contributed by atoms with van der Waals surface area (Å²) in [5.74, 6) is 1.64. The maximum atomic E-state index is 13.4. The number of fused-ring (bicyclic) bond motifs is 1. The van der Waals surface area contributed by atoms with Crippen molar-refractivity contribution in [2.24, 2.45) is 0 Å². The Balaban J connectivity index is 1.26. The highest BCUT2D eigenvalue weighted by Gasteiger charge is 2.29. The number of hydrogen-bond acceptors (Lipinski definition) is 9. The molecule has 4 aromatic rings. The number of sulfonamides is 1. The molecule has 1 aromatic heterocycles. The second-order valence-electron chi connectivity index (χ2n) is 8.75. The van der Waals surface area contributed by atoms with Gasteiger partial charge in [-0.3, -0.25) is 10.1 Å². The molecule has 0 aliphatic carbocycles. The maximum Gasteiger partial charge on any atom is 0.269 e. The van der Waals surface area contributed by atoms with Gasteiger partial charge in [-0.1, -0.05) is 5.21 Å². The minimum atomic E-state index is -3.73. The third-order valence-electron chi connectivity index (χ3n) is 6.40. The highest BCUT2D eigenvalue weighted by molar-refractivity contribution is 7.89. The fraction of sp³-hybridized carbons (Fsp3) is 0.231. The van der Waals surface area contributed by atoms with Gasteiger partial charge in [0.15, 0.2) is 11.5 Å². The van der Waals surface area contributed by atoms with E-state index in [4.69, 9.17) is 14.2 Å². The van der Waals surface area contributed by atoms with Crippen LogP contribution in [0.4, 0.5) is 5.69 Å². The van der Waals surface area contributed by atoms with Crippen molar-refractivity contribution in [3.05, 3.63) is 93.8 Å². The summed E-state index contributed by atoms with van der Waals surface area (Å²) in [5.41, 5.74) is 3.05. The largest absolute Gasteiger partial charge is 0.493 e. The standard InChI is InChI=1S/C26H25N5O7S/c1-36-25-13-18-11-12-29(15-19(18)14-26(25)37-2)39(34,35)24-9-5-21(6-10-24)30-16-20(27-28-30)17-38-23-7-3-22(4-8-23)31(32)33/h3-10,13-14,16H,11-12,15,17H2,1-2H3. The van der Waals surface area contributed by atoms with Crippen LogP contribution in [0.2, 0.25) is 0 Å². The summed E-state index contributed by atoms with van der Waals surface area (Å²) in [7, 11) is -0.606. The highest BCUT2D eigenvalue weighted by Crippen LogP contribution is 2.34. The molecular formula is C26H25N5O7S. The second-order valence-corrected chi connectivity index (χ2v) is 10.7. The Morgan fingerprint density at radius 2 is 1.64 bits per heavy atom. The lowest BCUT2D eigenvalue weighted by Gasteiger charge is -2.29. The van der Waals surface area contributed by atoms with E-state index in [2.05, 4.69) is 10.3 Å². The van der Waals surface area contributed by atoms with E-state index in [1.165, 1.54) is 33.3 Å². The van der Waals surface area contributed by atoms with E-state index in [-0.39, 0.29) is 23.7 Å². The van der Waals surface area contributed by atoms with Crippen molar-refractivity contribution in [1.82, 2.24) is 19.3 Å². The fourth-order valence-corrected chi connectivity index (χ4v) is 5.71. The third-order valence-corrected chi connectivity index (χ3v) is 8.26. The van der Waals surface area contributed by atoms with Gasteiger partial charge in [0, 0.05) is 25.2 Å². The Bertz CT molecular complexity index is 1600. The zero-order chi connectivity index (χ0) is 27.6. The molecule has 0 saturated heterocycles. The predicted molar refractivity (Wildman–Crippen MR) is 140 cm³/mol. The monoisotopic (exact) mass is 551 g/mol. The lowest BCUT2D eigenvalue weighted by Crippen LogP contribution is -2.36. The van der Waals surface area contributed by atoms with Crippen LogP contribution in [0.15, 0.2) is 71.8 Å². The summed E-state index contributed by atoms with van der Waals surface area (Å²) in [6, 6.07) is 15.9. The lowest BCUT2D eigenvalue weighted by atomic mass is 10.0. The first-order chi connectivity index (χ1) is 18.8. The van der Waals surface area contributed by atoms with Gasteiger partial charge in [0.05, 0.1) is 35.9 Å². The first kappa shape index (κ1) is 26.1. The Labute approximate surface area is 224 Å². The molecule has 0 N–H and O–H groups in total. The van der Waals surface area contributed by atoms with E-state index in [0.29, 0.717) is 41.6 Å². The second kappa shape index (κ2) is 10.7. The van der Waals surface area contributed by atoms with Gasteiger partial charge in [0.1, 0.15) is 18.1 Å². The Hall–Kier alpha value is -4.49. The minimum absolute atomic E-state index is 0.0234. The van der Waals surface area contributed by atoms with E-state index in [0.717, 1.165) is 11.1 Å². The first-order valence-corrected chi connectivity index (χ1v) is 13.4. The molecule has 12 nitrogen and oxygen atoms in total. The molecular weight excluding hydrogens is 526 g/mol. The number of nitrogens with zero attached hydrogens (tertiary/aromatic N) is 5. The van der Waals surface area contributed by atoms with Crippen molar-refractivity contribution in [1.29, 1.82) is 0 Å². The molecule has 13 heteroatoms. The van der Waals surface area contributed by atoms with E-state index in [1.807, 2.05) is 12.1 Å². The Kier molecular flexibility index (Phi) is 7.17. The van der Waals surface area contributed by atoms with Crippen LogP contribution in [0.5, 0.6) is 17.2 Å². The van der Waals surface area contributed by atoms with Crippen molar-refractivity contribution < 1.29 is 27.6 Å². The van der Waals surface area contributed by atoms with Crippen molar-refractivity contribution in [2.45, 2.75) is 24.5 Å². The Morgan fingerprint density at radius 1 is 0.974 bits per heavy atom. The molecule has 202 valence electrons. The number of methoxy groups -OCH3 is 2. The summed E-state index contributed by atoms with van der Waals surface area (Å²) in [6.45, 7) is 0.700. The number of nitro groups is 1. The van der Waals surface area contributed by atoms with Gasteiger partial charge < -0.3 is 14.2 Å². The van der Waals surface area contributed by atoms with E-state index in [1.54, 1.807) is 44.7 Å². The van der Waals surface area contributed by atoms with Gasteiger partial charge in [-0.05, 0) is 66.1 Å². The van der Waals surface area contributed by atoms with Crippen LogP contribution in [-0.2, 0) is 29.6 Å². The minimum Gasteiger partial charge on any atom is -0.493 e. The van der Waals surface area contributed by atoms with Gasteiger partial charge in [0.25, 0.3) is 5.69 Å².